The zero-order valence-electron chi connectivity index (χ0n) is 17.1. The van der Waals surface area contributed by atoms with Gasteiger partial charge in [-0.05, 0) is 56.8 Å². The van der Waals surface area contributed by atoms with E-state index in [4.69, 9.17) is 5.11 Å². The number of nitro groups is 1. The van der Waals surface area contributed by atoms with Gasteiger partial charge in [0.25, 0.3) is 0 Å². The molecule has 6 heteroatoms. The van der Waals surface area contributed by atoms with Crippen LogP contribution in [0.2, 0.25) is 0 Å². The minimum atomic E-state index is -0.771. The van der Waals surface area contributed by atoms with Gasteiger partial charge in [0.2, 0.25) is 5.70 Å². The van der Waals surface area contributed by atoms with E-state index in [0.29, 0.717) is 12.8 Å². The topological polar surface area (TPSA) is 80.4 Å². The second kappa shape index (κ2) is 19.9. The SMILES string of the molecule is CCCCC/C=C/C/C=C/C/C(=C/C/C=C/CCCCSCC(=O)O)[N+](=O)[O-]. The summed E-state index contributed by atoms with van der Waals surface area (Å²) >= 11 is 1.43. The van der Waals surface area contributed by atoms with Crippen molar-refractivity contribution in [3.8, 4) is 0 Å². The van der Waals surface area contributed by atoms with Crippen LogP contribution in [0.15, 0.2) is 48.2 Å². The third-order valence-electron chi connectivity index (χ3n) is 3.93. The van der Waals surface area contributed by atoms with Crippen molar-refractivity contribution >= 4 is 17.7 Å². The van der Waals surface area contributed by atoms with Crippen LogP contribution in [-0.4, -0.2) is 27.5 Å². The van der Waals surface area contributed by atoms with Crippen LogP contribution < -0.4 is 0 Å². The van der Waals surface area contributed by atoms with Crippen LogP contribution >= 0.6 is 11.8 Å². The molecule has 0 spiro atoms. The molecule has 0 unspecified atom stereocenters. The maximum absolute atomic E-state index is 11.1. The Bertz CT molecular complexity index is 539. The summed E-state index contributed by atoms with van der Waals surface area (Å²) in [6.45, 7) is 2.19. The molecule has 0 bridgehead atoms. The number of rotatable bonds is 18. The van der Waals surface area contributed by atoms with Gasteiger partial charge in [-0.3, -0.25) is 14.9 Å². The van der Waals surface area contributed by atoms with E-state index < -0.39 is 5.97 Å². The van der Waals surface area contributed by atoms with E-state index in [0.717, 1.165) is 37.9 Å². The first-order chi connectivity index (χ1) is 13.6. The van der Waals surface area contributed by atoms with Crippen LogP contribution in [0, 0.1) is 10.1 Å². The van der Waals surface area contributed by atoms with E-state index in [9.17, 15) is 14.9 Å². The van der Waals surface area contributed by atoms with Gasteiger partial charge in [0, 0.05) is 0 Å². The lowest BCUT2D eigenvalue weighted by Crippen LogP contribution is -1.98. The van der Waals surface area contributed by atoms with Gasteiger partial charge >= 0.3 is 5.97 Å². The van der Waals surface area contributed by atoms with Crippen molar-refractivity contribution < 1.29 is 14.8 Å². The van der Waals surface area contributed by atoms with Crippen LogP contribution in [0.3, 0.4) is 0 Å². The molecule has 0 aromatic rings. The van der Waals surface area contributed by atoms with Crippen molar-refractivity contribution in [3.63, 3.8) is 0 Å². The molecule has 28 heavy (non-hydrogen) atoms. The van der Waals surface area contributed by atoms with Gasteiger partial charge in [0.1, 0.15) is 0 Å². The first kappa shape index (κ1) is 26.2. The lowest BCUT2D eigenvalue weighted by Gasteiger charge is -1.97. The van der Waals surface area contributed by atoms with Crippen molar-refractivity contribution in [1.82, 2.24) is 0 Å². The first-order valence-electron chi connectivity index (χ1n) is 10.2. The van der Waals surface area contributed by atoms with Crippen molar-refractivity contribution in [3.05, 3.63) is 58.3 Å². The standard InChI is InChI=1S/C22H35NO4S/c1-2-3-4-5-6-7-8-11-14-17-21(23(26)27)18-15-12-9-10-13-16-19-28-20-22(24)25/h6-7,9,11-12,14,18H,2-5,8,10,13,15-17,19-20H2,1H3,(H,24,25)/b7-6+,12-9+,14-11+,21-18-. The zero-order chi connectivity index (χ0) is 20.9. The Morgan fingerprint density at radius 3 is 2.25 bits per heavy atom. The average molecular weight is 410 g/mol. The van der Waals surface area contributed by atoms with E-state index in [-0.39, 0.29) is 16.4 Å². The molecule has 0 fully saturated rings. The quantitative estimate of drug-likeness (QED) is 0.120. The highest BCUT2D eigenvalue weighted by atomic mass is 32.2. The summed E-state index contributed by atoms with van der Waals surface area (Å²) in [6.07, 6.45) is 23.3. The van der Waals surface area contributed by atoms with Gasteiger partial charge in [-0.25, -0.2) is 0 Å². The van der Waals surface area contributed by atoms with Gasteiger partial charge in [0.05, 0.1) is 17.1 Å². The molecule has 1 N–H and O–H groups in total. The molecule has 0 heterocycles. The maximum Gasteiger partial charge on any atom is 0.313 e. The molecule has 158 valence electrons. The molecule has 0 aliphatic rings. The van der Waals surface area contributed by atoms with E-state index >= 15 is 0 Å². The van der Waals surface area contributed by atoms with E-state index in [1.165, 1.54) is 31.0 Å². The monoisotopic (exact) mass is 409 g/mol. The Morgan fingerprint density at radius 2 is 1.61 bits per heavy atom. The molecule has 0 aromatic heterocycles. The Morgan fingerprint density at radius 1 is 0.964 bits per heavy atom. The fourth-order valence-electron chi connectivity index (χ4n) is 2.38. The number of allylic oxidation sites excluding steroid dienone is 7. The van der Waals surface area contributed by atoms with Crippen LogP contribution in [-0.2, 0) is 4.79 Å². The zero-order valence-corrected chi connectivity index (χ0v) is 17.9. The fourth-order valence-corrected chi connectivity index (χ4v) is 3.11. The second-order valence-corrected chi connectivity index (χ2v) is 7.59. The molecular formula is C22H35NO4S. The minimum Gasteiger partial charge on any atom is -0.481 e. The molecule has 0 aliphatic heterocycles. The smallest absolute Gasteiger partial charge is 0.313 e. The highest BCUT2D eigenvalue weighted by Crippen LogP contribution is 2.09. The predicted molar refractivity (Wildman–Crippen MR) is 119 cm³/mol. The Balaban J connectivity index is 3.93. The molecule has 0 saturated carbocycles. The number of aliphatic carboxylic acids is 1. The molecule has 0 amide bonds. The summed E-state index contributed by atoms with van der Waals surface area (Å²) in [5, 5.41) is 19.6. The summed E-state index contributed by atoms with van der Waals surface area (Å²) in [5.74, 6) is 0.242. The third kappa shape index (κ3) is 19.0. The third-order valence-corrected chi connectivity index (χ3v) is 4.96. The van der Waals surface area contributed by atoms with Gasteiger partial charge in [0.15, 0.2) is 0 Å². The Kier molecular flexibility index (Phi) is 18.6. The Hall–Kier alpha value is -1.82. The van der Waals surface area contributed by atoms with E-state index in [2.05, 4.69) is 19.1 Å². The van der Waals surface area contributed by atoms with Crippen LogP contribution in [0.4, 0.5) is 0 Å². The van der Waals surface area contributed by atoms with Crippen LogP contribution in [0.1, 0.15) is 71.1 Å². The number of hydrogen-bond acceptors (Lipinski definition) is 4. The Labute approximate surface area is 173 Å². The fraction of sp³-hybridized carbons (Fsp3) is 0.591. The molecule has 0 aromatic carbocycles. The molecule has 0 rings (SSSR count). The van der Waals surface area contributed by atoms with Gasteiger partial charge in [-0.2, -0.15) is 11.8 Å². The van der Waals surface area contributed by atoms with Gasteiger partial charge in [-0.15, -0.1) is 0 Å². The predicted octanol–water partition coefficient (Wildman–Crippen LogP) is 6.55. The molecule has 0 saturated heterocycles. The highest BCUT2D eigenvalue weighted by molar-refractivity contribution is 7.99. The van der Waals surface area contributed by atoms with Gasteiger partial charge < -0.3 is 5.11 Å². The number of thioether (sulfide) groups is 1. The normalized spacial score (nSPS) is 12.5. The summed E-state index contributed by atoms with van der Waals surface area (Å²) in [4.78, 5) is 21.2. The van der Waals surface area contributed by atoms with Crippen molar-refractivity contribution in [2.24, 2.45) is 0 Å². The summed E-state index contributed by atoms with van der Waals surface area (Å²) in [5.41, 5.74) is 0.234. The lowest BCUT2D eigenvalue weighted by molar-refractivity contribution is -0.427. The number of carboxylic acids is 1. The van der Waals surface area contributed by atoms with E-state index in [1.807, 2.05) is 24.3 Å². The summed E-state index contributed by atoms with van der Waals surface area (Å²) in [6, 6.07) is 0. The lowest BCUT2D eigenvalue weighted by atomic mass is 10.2. The maximum atomic E-state index is 11.1. The average Bonchev–Trinajstić information content (AvgIpc) is 2.65. The highest BCUT2D eigenvalue weighted by Gasteiger charge is 2.06. The van der Waals surface area contributed by atoms with Crippen LogP contribution in [0.25, 0.3) is 0 Å². The molecule has 0 aliphatic carbocycles. The van der Waals surface area contributed by atoms with E-state index in [1.54, 1.807) is 6.08 Å². The van der Waals surface area contributed by atoms with Gasteiger partial charge in [-0.1, -0.05) is 56.2 Å². The van der Waals surface area contributed by atoms with Crippen molar-refractivity contribution in [2.75, 3.05) is 11.5 Å². The molecule has 5 nitrogen and oxygen atoms in total. The number of carboxylic acid groups (broad SMARTS) is 1. The molecule has 0 atom stereocenters. The van der Waals surface area contributed by atoms with Crippen molar-refractivity contribution in [2.45, 2.75) is 71.1 Å². The van der Waals surface area contributed by atoms with Crippen molar-refractivity contribution in [1.29, 1.82) is 0 Å². The number of hydrogen-bond donors (Lipinski definition) is 1. The number of carbonyl (C=O) groups is 1. The summed E-state index contributed by atoms with van der Waals surface area (Å²) < 4.78 is 0. The molecular weight excluding hydrogens is 374 g/mol. The summed E-state index contributed by atoms with van der Waals surface area (Å²) in [7, 11) is 0. The number of nitrogens with zero attached hydrogens (tertiary/aromatic N) is 1. The van der Waals surface area contributed by atoms with Crippen LogP contribution in [0.5, 0.6) is 0 Å². The largest absolute Gasteiger partial charge is 0.481 e. The second-order valence-electron chi connectivity index (χ2n) is 6.48. The number of unbranched alkanes of at least 4 members (excludes halogenated alkanes) is 5. The molecule has 0 radical (unpaired) electrons. The minimum absolute atomic E-state index is 0.161. The first-order valence-corrected chi connectivity index (χ1v) is 11.3.